The Labute approximate surface area is 148 Å². The highest BCUT2D eigenvalue weighted by Gasteiger charge is 2.21. The number of halogens is 1. The molecule has 0 fully saturated rings. The minimum absolute atomic E-state index is 0.203. The van der Waals surface area contributed by atoms with Crippen molar-refractivity contribution in [3.8, 4) is 0 Å². The van der Waals surface area contributed by atoms with Crippen molar-refractivity contribution in [2.75, 3.05) is 18.5 Å². The van der Waals surface area contributed by atoms with Crippen LogP contribution in [0.15, 0.2) is 28.8 Å². The fraction of sp³-hybridized carbons (Fsp3) is 0.294. The fourth-order valence-corrected chi connectivity index (χ4v) is 2.09. The van der Waals surface area contributed by atoms with Crippen LogP contribution in [0.3, 0.4) is 0 Å². The SMILES string of the molecule is CCc1noc(C)c1C(=O)OCC(=O)NCC(=O)Nc1ccc(F)cc1. The number of nitrogens with one attached hydrogen (secondary N) is 2. The molecule has 8 nitrogen and oxygen atoms in total. The highest BCUT2D eigenvalue weighted by atomic mass is 19.1. The van der Waals surface area contributed by atoms with E-state index in [1.807, 2.05) is 0 Å². The third-order valence-electron chi connectivity index (χ3n) is 3.38. The Morgan fingerprint density at radius 1 is 1.19 bits per heavy atom. The standard InChI is InChI=1S/C17H18FN3O5/c1-3-13-16(10(2)26-21-13)17(24)25-9-15(23)19-8-14(22)20-12-6-4-11(18)5-7-12/h4-7H,3,8-9H2,1-2H3,(H,19,23)(H,20,22). The molecule has 0 unspecified atom stereocenters. The second kappa shape index (κ2) is 8.75. The number of anilines is 1. The van der Waals surface area contributed by atoms with E-state index in [1.165, 1.54) is 24.3 Å². The highest BCUT2D eigenvalue weighted by molar-refractivity contribution is 5.96. The van der Waals surface area contributed by atoms with Gasteiger partial charge in [-0.3, -0.25) is 9.59 Å². The number of rotatable bonds is 7. The van der Waals surface area contributed by atoms with Gasteiger partial charge in [-0.15, -0.1) is 0 Å². The van der Waals surface area contributed by atoms with Gasteiger partial charge in [0.15, 0.2) is 6.61 Å². The lowest BCUT2D eigenvalue weighted by molar-refractivity contribution is -0.126. The number of esters is 1. The summed E-state index contributed by atoms with van der Waals surface area (Å²) in [5, 5.41) is 8.54. The summed E-state index contributed by atoms with van der Waals surface area (Å²) in [4.78, 5) is 35.4. The van der Waals surface area contributed by atoms with Crippen LogP contribution in [0, 0.1) is 12.7 Å². The molecule has 138 valence electrons. The predicted molar refractivity (Wildman–Crippen MR) is 88.9 cm³/mol. The molecule has 0 atom stereocenters. The predicted octanol–water partition coefficient (Wildman–Crippen LogP) is 1.60. The molecule has 0 radical (unpaired) electrons. The molecule has 0 aliphatic rings. The molecule has 2 rings (SSSR count). The first kappa shape index (κ1) is 19.1. The molecule has 9 heteroatoms. The number of hydrogen-bond acceptors (Lipinski definition) is 6. The van der Waals surface area contributed by atoms with Crippen LogP contribution in [0.1, 0.15) is 28.7 Å². The van der Waals surface area contributed by atoms with Crippen molar-refractivity contribution in [3.63, 3.8) is 0 Å². The molecule has 0 saturated carbocycles. The smallest absolute Gasteiger partial charge is 0.344 e. The average Bonchev–Trinajstić information content (AvgIpc) is 3.00. The van der Waals surface area contributed by atoms with E-state index in [0.29, 0.717) is 23.6 Å². The number of amides is 2. The number of benzene rings is 1. The van der Waals surface area contributed by atoms with E-state index >= 15 is 0 Å². The molecule has 0 spiro atoms. The third-order valence-corrected chi connectivity index (χ3v) is 3.38. The van der Waals surface area contributed by atoms with E-state index in [-0.39, 0.29) is 12.1 Å². The molecule has 1 aromatic heterocycles. The highest BCUT2D eigenvalue weighted by Crippen LogP contribution is 2.15. The minimum Gasteiger partial charge on any atom is -0.452 e. The van der Waals surface area contributed by atoms with Gasteiger partial charge in [-0.2, -0.15) is 0 Å². The van der Waals surface area contributed by atoms with Gasteiger partial charge in [0, 0.05) is 5.69 Å². The second-order valence-electron chi connectivity index (χ2n) is 5.32. The van der Waals surface area contributed by atoms with Crippen LogP contribution < -0.4 is 10.6 Å². The molecule has 1 aromatic carbocycles. The second-order valence-corrected chi connectivity index (χ2v) is 5.32. The quantitative estimate of drug-likeness (QED) is 0.723. The summed E-state index contributed by atoms with van der Waals surface area (Å²) in [5.41, 5.74) is 1.05. The van der Waals surface area contributed by atoms with Crippen LogP contribution in [0.4, 0.5) is 10.1 Å². The van der Waals surface area contributed by atoms with E-state index in [9.17, 15) is 18.8 Å². The maximum atomic E-state index is 12.8. The monoisotopic (exact) mass is 363 g/mol. The summed E-state index contributed by atoms with van der Waals surface area (Å²) in [5.74, 6) is -1.97. The summed E-state index contributed by atoms with van der Waals surface area (Å²) in [6, 6.07) is 5.18. The molecule has 0 saturated heterocycles. The average molecular weight is 363 g/mol. The number of aryl methyl sites for hydroxylation is 2. The summed E-state index contributed by atoms with van der Waals surface area (Å²) in [6.45, 7) is 2.51. The van der Waals surface area contributed by atoms with Gasteiger partial charge < -0.3 is 19.9 Å². The molecule has 1 heterocycles. The Morgan fingerprint density at radius 2 is 1.88 bits per heavy atom. The molecular weight excluding hydrogens is 345 g/mol. The zero-order chi connectivity index (χ0) is 19.1. The van der Waals surface area contributed by atoms with Gasteiger partial charge in [0.2, 0.25) is 5.91 Å². The Hall–Kier alpha value is -3.23. The van der Waals surface area contributed by atoms with Gasteiger partial charge in [-0.25, -0.2) is 9.18 Å². The summed E-state index contributed by atoms with van der Waals surface area (Å²) in [6.07, 6.45) is 0.484. The van der Waals surface area contributed by atoms with Gasteiger partial charge >= 0.3 is 5.97 Å². The van der Waals surface area contributed by atoms with E-state index in [2.05, 4.69) is 15.8 Å². The summed E-state index contributed by atoms with van der Waals surface area (Å²) >= 11 is 0. The maximum Gasteiger partial charge on any atom is 0.344 e. The first-order chi connectivity index (χ1) is 12.4. The largest absolute Gasteiger partial charge is 0.452 e. The van der Waals surface area contributed by atoms with Crippen molar-refractivity contribution < 1.29 is 28.0 Å². The van der Waals surface area contributed by atoms with E-state index in [1.54, 1.807) is 13.8 Å². The van der Waals surface area contributed by atoms with E-state index in [0.717, 1.165) is 0 Å². The van der Waals surface area contributed by atoms with Crippen LogP contribution >= 0.6 is 0 Å². The van der Waals surface area contributed by atoms with Crippen molar-refractivity contribution in [1.82, 2.24) is 10.5 Å². The van der Waals surface area contributed by atoms with E-state index < -0.39 is 30.2 Å². The molecule has 0 aliphatic heterocycles. The van der Waals surface area contributed by atoms with Crippen molar-refractivity contribution >= 4 is 23.5 Å². The van der Waals surface area contributed by atoms with Crippen LogP contribution in [0.2, 0.25) is 0 Å². The molecule has 2 amide bonds. The number of ether oxygens (including phenoxy) is 1. The number of aromatic nitrogens is 1. The first-order valence-electron chi connectivity index (χ1n) is 7.85. The lowest BCUT2D eigenvalue weighted by atomic mass is 10.1. The van der Waals surface area contributed by atoms with Gasteiger partial charge in [-0.05, 0) is 37.6 Å². The topological polar surface area (TPSA) is 111 Å². The minimum atomic E-state index is -0.716. The fourth-order valence-electron chi connectivity index (χ4n) is 2.09. The maximum absolute atomic E-state index is 12.8. The lowest BCUT2D eigenvalue weighted by Gasteiger charge is -2.08. The first-order valence-corrected chi connectivity index (χ1v) is 7.85. The summed E-state index contributed by atoms with van der Waals surface area (Å²) < 4.78 is 22.6. The Balaban J connectivity index is 1.76. The van der Waals surface area contributed by atoms with Crippen LogP contribution in [0.25, 0.3) is 0 Å². The van der Waals surface area contributed by atoms with Crippen LogP contribution in [-0.2, 0) is 20.7 Å². The number of nitrogens with zero attached hydrogens (tertiary/aromatic N) is 1. The zero-order valence-corrected chi connectivity index (χ0v) is 14.3. The van der Waals surface area contributed by atoms with Crippen molar-refractivity contribution in [1.29, 1.82) is 0 Å². The van der Waals surface area contributed by atoms with Gasteiger partial charge in [0.25, 0.3) is 5.91 Å². The zero-order valence-electron chi connectivity index (χ0n) is 14.3. The van der Waals surface area contributed by atoms with Crippen molar-refractivity contribution in [2.24, 2.45) is 0 Å². The number of carbonyl (C=O) groups is 3. The lowest BCUT2D eigenvalue weighted by Crippen LogP contribution is -2.35. The molecular formula is C17H18FN3O5. The molecule has 2 aromatic rings. The Bertz CT molecular complexity index is 801. The van der Waals surface area contributed by atoms with Crippen LogP contribution in [0.5, 0.6) is 0 Å². The molecule has 0 bridgehead atoms. The molecule has 26 heavy (non-hydrogen) atoms. The van der Waals surface area contributed by atoms with E-state index in [4.69, 9.17) is 9.26 Å². The summed E-state index contributed by atoms with van der Waals surface area (Å²) in [7, 11) is 0. The van der Waals surface area contributed by atoms with Gasteiger partial charge in [0.1, 0.15) is 17.1 Å². The molecule has 2 N–H and O–H groups in total. The number of hydrogen-bond donors (Lipinski definition) is 2. The third kappa shape index (κ3) is 5.13. The Kier molecular flexibility index (Phi) is 6.42. The van der Waals surface area contributed by atoms with Gasteiger partial charge in [-0.1, -0.05) is 12.1 Å². The van der Waals surface area contributed by atoms with Gasteiger partial charge in [0.05, 0.1) is 12.2 Å². The van der Waals surface area contributed by atoms with Crippen molar-refractivity contribution in [2.45, 2.75) is 20.3 Å². The Morgan fingerprint density at radius 3 is 2.54 bits per heavy atom. The van der Waals surface area contributed by atoms with Crippen molar-refractivity contribution in [3.05, 3.63) is 47.1 Å². The normalized spacial score (nSPS) is 10.3. The van der Waals surface area contributed by atoms with Crippen LogP contribution in [-0.4, -0.2) is 36.1 Å². The number of carbonyl (C=O) groups excluding carboxylic acids is 3. The molecule has 0 aliphatic carbocycles.